The molecular formula is C31H34N2O4. The molecule has 192 valence electrons. The van der Waals surface area contributed by atoms with Crippen molar-refractivity contribution in [3.8, 4) is 11.1 Å². The number of carbonyl (C=O) groups excluding carboxylic acids is 1. The van der Waals surface area contributed by atoms with Gasteiger partial charge in [0.1, 0.15) is 12.6 Å². The zero-order valence-electron chi connectivity index (χ0n) is 21.5. The Labute approximate surface area is 218 Å². The SMILES string of the molecule is CCc1cc(CC(NC(=O)OCC2c3ccccc3-c3ccccc32)C(=O)O)cc(C)c1N1CCCC1. The van der Waals surface area contributed by atoms with E-state index in [4.69, 9.17) is 4.74 Å². The fraction of sp³-hybridized carbons (Fsp3) is 0.355. The number of amides is 1. The van der Waals surface area contributed by atoms with Crippen LogP contribution in [0.5, 0.6) is 0 Å². The van der Waals surface area contributed by atoms with Crippen molar-refractivity contribution in [3.63, 3.8) is 0 Å². The second kappa shape index (κ2) is 10.7. The number of aryl methyl sites for hydroxylation is 2. The number of carboxylic acid groups (broad SMARTS) is 1. The molecule has 1 unspecified atom stereocenters. The molecule has 0 bridgehead atoms. The van der Waals surface area contributed by atoms with Crippen molar-refractivity contribution >= 4 is 17.7 Å². The highest BCUT2D eigenvalue weighted by Gasteiger charge is 2.30. The number of nitrogens with one attached hydrogen (secondary N) is 1. The lowest BCUT2D eigenvalue weighted by molar-refractivity contribution is -0.139. The molecule has 2 aliphatic rings. The third-order valence-electron chi connectivity index (χ3n) is 7.62. The number of fused-ring (bicyclic) bond motifs is 3. The zero-order chi connectivity index (χ0) is 25.9. The van der Waals surface area contributed by atoms with Gasteiger partial charge in [-0.2, -0.15) is 0 Å². The Morgan fingerprint density at radius 1 is 1.03 bits per heavy atom. The molecule has 1 fully saturated rings. The third-order valence-corrected chi connectivity index (χ3v) is 7.62. The zero-order valence-corrected chi connectivity index (χ0v) is 21.5. The minimum atomic E-state index is -1.08. The molecule has 1 amide bonds. The molecule has 6 nitrogen and oxygen atoms in total. The second-order valence-electron chi connectivity index (χ2n) is 10.0. The number of hydrogen-bond acceptors (Lipinski definition) is 4. The van der Waals surface area contributed by atoms with Gasteiger partial charge in [0.2, 0.25) is 0 Å². The molecule has 1 saturated heterocycles. The number of carbonyl (C=O) groups is 2. The van der Waals surface area contributed by atoms with Crippen molar-refractivity contribution in [3.05, 3.63) is 88.5 Å². The molecule has 2 N–H and O–H groups in total. The maximum Gasteiger partial charge on any atom is 0.407 e. The van der Waals surface area contributed by atoms with Crippen molar-refractivity contribution in [1.29, 1.82) is 0 Å². The Morgan fingerprint density at radius 2 is 1.65 bits per heavy atom. The minimum Gasteiger partial charge on any atom is -0.480 e. The van der Waals surface area contributed by atoms with Crippen LogP contribution in [0.15, 0.2) is 60.7 Å². The second-order valence-corrected chi connectivity index (χ2v) is 10.0. The van der Waals surface area contributed by atoms with E-state index in [0.29, 0.717) is 0 Å². The molecule has 1 aliphatic carbocycles. The molecule has 0 spiro atoms. The Morgan fingerprint density at radius 3 is 2.24 bits per heavy atom. The number of ether oxygens (including phenoxy) is 1. The number of benzene rings is 3. The first-order valence-corrected chi connectivity index (χ1v) is 13.2. The lowest BCUT2D eigenvalue weighted by atomic mass is 9.96. The van der Waals surface area contributed by atoms with Crippen LogP contribution >= 0.6 is 0 Å². The summed E-state index contributed by atoms with van der Waals surface area (Å²) in [7, 11) is 0. The summed E-state index contributed by atoms with van der Waals surface area (Å²) in [6.07, 6.45) is 2.77. The lowest BCUT2D eigenvalue weighted by Crippen LogP contribution is -2.43. The van der Waals surface area contributed by atoms with Gasteiger partial charge < -0.3 is 20.1 Å². The molecule has 0 saturated carbocycles. The molecule has 1 atom stereocenters. The Bertz CT molecular complexity index is 1270. The number of carboxylic acids is 1. The van der Waals surface area contributed by atoms with E-state index in [0.717, 1.165) is 52.9 Å². The van der Waals surface area contributed by atoms with Crippen LogP contribution in [0.25, 0.3) is 11.1 Å². The highest BCUT2D eigenvalue weighted by atomic mass is 16.5. The largest absolute Gasteiger partial charge is 0.480 e. The molecular weight excluding hydrogens is 464 g/mol. The average molecular weight is 499 g/mol. The fourth-order valence-corrected chi connectivity index (χ4v) is 5.93. The van der Waals surface area contributed by atoms with Gasteiger partial charge in [-0.05, 0) is 65.1 Å². The lowest BCUT2D eigenvalue weighted by Gasteiger charge is -2.25. The minimum absolute atomic E-state index is 0.0747. The molecule has 0 radical (unpaired) electrons. The van der Waals surface area contributed by atoms with Crippen LogP contribution in [0, 0.1) is 6.92 Å². The summed E-state index contributed by atoms with van der Waals surface area (Å²) in [5.74, 6) is -1.15. The van der Waals surface area contributed by atoms with Crippen molar-refractivity contribution in [2.75, 3.05) is 24.6 Å². The fourth-order valence-electron chi connectivity index (χ4n) is 5.93. The van der Waals surface area contributed by atoms with Crippen LogP contribution in [0.4, 0.5) is 10.5 Å². The van der Waals surface area contributed by atoms with Gasteiger partial charge in [-0.1, -0.05) is 67.6 Å². The summed E-state index contributed by atoms with van der Waals surface area (Å²) >= 11 is 0. The Hall–Kier alpha value is -3.80. The molecule has 3 aromatic rings. The van der Waals surface area contributed by atoms with E-state index in [-0.39, 0.29) is 18.9 Å². The van der Waals surface area contributed by atoms with Gasteiger partial charge in [-0.15, -0.1) is 0 Å². The van der Waals surface area contributed by atoms with Gasteiger partial charge >= 0.3 is 12.1 Å². The predicted molar refractivity (Wildman–Crippen MR) is 145 cm³/mol. The van der Waals surface area contributed by atoms with E-state index in [1.165, 1.54) is 24.1 Å². The van der Waals surface area contributed by atoms with Gasteiger partial charge in [0.25, 0.3) is 0 Å². The van der Waals surface area contributed by atoms with Crippen molar-refractivity contribution in [1.82, 2.24) is 5.32 Å². The summed E-state index contributed by atoms with van der Waals surface area (Å²) in [5, 5.41) is 12.5. The van der Waals surface area contributed by atoms with E-state index in [1.807, 2.05) is 24.3 Å². The summed E-state index contributed by atoms with van der Waals surface area (Å²) in [5.41, 5.74) is 9.09. The number of alkyl carbamates (subject to hydrolysis) is 1. The Kier molecular flexibility index (Phi) is 7.17. The summed E-state index contributed by atoms with van der Waals surface area (Å²) in [4.78, 5) is 27.2. The van der Waals surface area contributed by atoms with Gasteiger partial charge in [-0.3, -0.25) is 0 Å². The van der Waals surface area contributed by atoms with Crippen LogP contribution in [-0.2, 0) is 22.4 Å². The quantitative estimate of drug-likeness (QED) is 0.417. The summed E-state index contributed by atoms with van der Waals surface area (Å²) in [6, 6.07) is 19.3. The highest BCUT2D eigenvalue weighted by molar-refractivity contribution is 5.81. The molecule has 3 aromatic carbocycles. The molecule has 37 heavy (non-hydrogen) atoms. The number of rotatable bonds is 8. The van der Waals surface area contributed by atoms with E-state index in [9.17, 15) is 14.7 Å². The number of aliphatic carboxylic acids is 1. The normalized spacial score (nSPS) is 15.2. The van der Waals surface area contributed by atoms with E-state index in [2.05, 4.69) is 60.5 Å². The van der Waals surface area contributed by atoms with Gasteiger partial charge in [-0.25, -0.2) is 9.59 Å². The maximum absolute atomic E-state index is 12.7. The molecule has 1 aliphatic heterocycles. The first-order chi connectivity index (χ1) is 18.0. The standard InChI is InChI=1S/C31H34N2O4/c1-3-22-17-21(16-20(2)29(22)33-14-8-9-15-33)18-28(30(34)35)32-31(36)37-19-27-25-12-6-4-10-23(25)24-11-5-7-13-26(24)27/h4-7,10-13,16-17,27-28H,3,8-9,14-15,18-19H2,1-2H3,(H,32,36)(H,34,35). The first-order valence-electron chi connectivity index (χ1n) is 13.2. The maximum atomic E-state index is 12.7. The van der Waals surface area contributed by atoms with E-state index in [1.54, 1.807) is 0 Å². The number of hydrogen-bond donors (Lipinski definition) is 2. The van der Waals surface area contributed by atoms with Crippen molar-refractivity contribution in [2.45, 2.75) is 51.5 Å². The predicted octanol–water partition coefficient (Wildman–Crippen LogP) is 5.69. The molecule has 6 heteroatoms. The third kappa shape index (κ3) is 5.06. The topological polar surface area (TPSA) is 78.9 Å². The Balaban J connectivity index is 1.27. The monoisotopic (exact) mass is 498 g/mol. The van der Waals surface area contributed by atoms with Crippen LogP contribution in [0.1, 0.15) is 53.5 Å². The molecule has 0 aromatic heterocycles. The average Bonchev–Trinajstić information content (AvgIpc) is 3.53. The number of anilines is 1. The van der Waals surface area contributed by atoms with E-state index >= 15 is 0 Å². The first kappa shape index (κ1) is 24.9. The number of nitrogens with zero attached hydrogens (tertiary/aromatic N) is 1. The van der Waals surface area contributed by atoms with Crippen molar-refractivity contribution in [2.24, 2.45) is 0 Å². The van der Waals surface area contributed by atoms with Gasteiger partial charge in [0.05, 0.1) is 0 Å². The highest BCUT2D eigenvalue weighted by Crippen LogP contribution is 2.44. The van der Waals surface area contributed by atoms with Gasteiger partial charge in [0, 0.05) is 31.1 Å². The summed E-state index contributed by atoms with van der Waals surface area (Å²) in [6.45, 7) is 6.49. The summed E-state index contributed by atoms with van der Waals surface area (Å²) < 4.78 is 5.59. The van der Waals surface area contributed by atoms with Crippen LogP contribution < -0.4 is 10.2 Å². The van der Waals surface area contributed by atoms with Gasteiger partial charge in [0.15, 0.2) is 0 Å². The van der Waals surface area contributed by atoms with Crippen LogP contribution in [0.2, 0.25) is 0 Å². The van der Waals surface area contributed by atoms with Crippen LogP contribution in [-0.4, -0.2) is 42.9 Å². The molecule has 5 rings (SSSR count). The van der Waals surface area contributed by atoms with Crippen LogP contribution in [0.3, 0.4) is 0 Å². The van der Waals surface area contributed by atoms with Crippen molar-refractivity contribution < 1.29 is 19.4 Å². The van der Waals surface area contributed by atoms with E-state index < -0.39 is 18.1 Å². The smallest absolute Gasteiger partial charge is 0.407 e. The molecule has 1 heterocycles.